The Morgan fingerprint density at radius 3 is 2.63 bits per heavy atom. The number of aryl methyl sites for hydroxylation is 1. The maximum Gasteiger partial charge on any atom is 0.139 e. The number of nitrogens with zero attached hydrogens (tertiary/aromatic N) is 3. The number of aromatic nitrogens is 2. The molecule has 4 nitrogen and oxygen atoms in total. The third-order valence-corrected chi connectivity index (χ3v) is 7.98. The second kappa shape index (κ2) is 8.12. The van der Waals surface area contributed by atoms with Crippen LogP contribution in [0.1, 0.15) is 54.2 Å². The highest BCUT2D eigenvalue weighted by atomic mass is 32.1. The van der Waals surface area contributed by atoms with Crippen LogP contribution in [0, 0.1) is 0 Å². The molecule has 2 heterocycles. The molecule has 30 heavy (non-hydrogen) atoms. The van der Waals surface area contributed by atoms with Crippen molar-refractivity contribution in [2.24, 2.45) is 0 Å². The maximum absolute atomic E-state index is 4.73. The maximum atomic E-state index is 4.73. The van der Waals surface area contributed by atoms with Crippen LogP contribution in [0.15, 0.2) is 30.6 Å². The van der Waals surface area contributed by atoms with Crippen LogP contribution < -0.4 is 5.32 Å². The Morgan fingerprint density at radius 1 is 1.10 bits per heavy atom. The van der Waals surface area contributed by atoms with Gasteiger partial charge in [0.1, 0.15) is 17.0 Å². The molecule has 5 rings (SSSR count). The van der Waals surface area contributed by atoms with E-state index in [4.69, 9.17) is 4.98 Å². The average Bonchev–Trinajstić information content (AvgIpc) is 3.35. The Kier molecular flexibility index (Phi) is 5.34. The van der Waals surface area contributed by atoms with Crippen molar-refractivity contribution in [3.63, 3.8) is 0 Å². The lowest BCUT2D eigenvalue weighted by Crippen LogP contribution is -2.36. The summed E-state index contributed by atoms with van der Waals surface area (Å²) in [6.07, 6.45) is 11.0. The summed E-state index contributed by atoms with van der Waals surface area (Å²) in [6.45, 7) is 2.25. The SMILES string of the molecule is CCc1sc2ncnc(NC3CCC(N(C)C)CC3)c2c1C1=Cc2ccccc2C1. The van der Waals surface area contributed by atoms with Gasteiger partial charge in [-0.1, -0.05) is 37.3 Å². The van der Waals surface area contributed by atoms with Crippen molar-refractivity contribution >= 4 is 39.0 Å². The van der Waals surface area contributed by atoms with Gasteiger partial charge < -0.3 is 10.2 Å². The highest BCUT2D eigenvalue weighted by Gasteiger charge is 2.26. The van der Waals surface area contributed by atoms with Crippen LogP contribution in [0.2, 0.25) is 0 Å². The molecule has 5 heteroatoms. The number of thiophene rings is 1. The van der Waals surface area contributed by atoms with E-state index in [0.29, 0.717) is 12.1 Å². The van der Waals surface area contributed by atoms with Crippen LogP contribution >= 0.6 is 11.3 Å². The van der Waals surface area contributed by atoms with Crippen molar-refractivity contribution in [1.82, 2.24) is 14.9 Å². The molecule has 3 aromatic rings. The summed E-state index contributed by atoms with van der Waals surface area (Å²) in [4.78, 5) is 14.3. The van der Waals surface area contributed by atoms with Crippen molar-refractivity contribution in [3.05, 3.63) is 52.2 Å². The first kappa shape index (κ1) is 19.7. The van der Waals surface area contributed by atoms with Crippen molar-refractivity contribution in [3.8, 4) is 0 Å². The van der Waals surface area contributed by atoms with Crippen molar-refractivity contribution in [1.29, 1.82) is 0 Å². The fourth-order valence-electron chi connectivity index (χ4n) is 5.05. The number of anilines is 1. The van der Waals surface area contributed by atoms with Crippen LogP contribution in [0.4, 0.5) is 5.82 Å². The molecule has 0 amide bonds. The van der Waals surface area contributed by atoms with E-state index in [2.05, 4.69) is 66.6 Å². The Balaban J connectivity index is 1.50. The van der Waals surface area contributed by atoms with E-state index >= 15 is 0 Å². The third-order valence-electron chi connectivity index (χ3n) is 6.74. The minimum Gasteiger partial charge on any atom is -0.367 e. The van der Waals surface area contributed by atoms with Crippen molar-refractivity contribution in [2.75, 3.05) is 19.4 Å². The smallest absolute Gasteiger partial charge is 0.139 e. The van der Waals surface area contributed by atoms with Gasteiger partial charge in [0.2, 0.25) is 0 Å². The molecule has 0 aliphatic heterocycles. The Labute approximate surface area is 183 Å². The van der Waals surface area contributed by atoms with E-state index in [1.54, 1.807) is 6.33 Å². The number of hydrogen-bond donors (Lipinski definition) is 1. The van der Waals surface area contributed by atoms with E-state index in [-0.39, 0.29) is 0 Å². The summed E-state index contributed by atoms with van der Waals surface area (Å²) in [6, 6.07) is 9.94. The summed E-state index contributed by atoms with van der Waals surface area (Å²) in [5.41, 5.74) is 5.55. The van der Waals surface area contributed by atoms with Gasteiger partial charge in [0.15, 0.2) is 0 Å². The zero-order valence-electron chi connectivity index (χ0n) is 18.1. The summed E-state index contributed by atoms with van der Waals surface area (Å²) in [7, 11) is 4.40. The topological polar surface area (TPSA) is 41.1 Å². The first-order chi connectivity index (χ1) is 14.6. The molecule has 1 fully saturated rings. The van der Waals surface area contributed by atoms with Gasteiger partial charge in [-0.05, 0) is 69.3 Å². The highest BCUT2D eigenvalue weighted by molar-refractivity contribution is 7.19. The molecule has 2 aromatic heterocycles. The first-order valence-electron chi connectivity index (χ1n) is 11.1. The molecule has 0 bridgehead atoms. The van der Waals surface area contributed by atoms with Crippen LogP contribution in [0.5, 0.6) is 0 Å². The van der Waals surface area contributed by atoms with E-state index in [9.17, 15) is 0 Å². The van der Waals surface area contributed by atoms with Gasteiger partial charge in [0.05, 0.1) is 5.39 Å². The summed E-state index contributed by atoms with van der Waals surface area (Å²) >= 11 is 1.83. The zero-order valence-corrected chi connectivity index (χ0v) is 18.9. The second-order valence-electron chi connectivity index (χ2n) is 8.81. The normalized spacial score (nSPS) is 21.1. The van der Waals surface area contributed by atoms with Gasteiger partial charge in [0.25, 0.3) is 0 Å². The lowest BCUT2D eigenvalue weighted by Gasteiger charge is -2.33. The molecule has 1 aromatic carbocycles. The first-order valence-corrected chi connectivity index (χ1v) is 11.9. The molecule has 2 aliphatic carbocycles. The fraction of sp³-hybridized carbons (Fsp3) is 0.440. The summed E-state index contributed by atoms with van der Waals surface area (Å²) in [5.74, 6) is 1.02. The molecule has 0 unspecified atom stereocenters. The van der Waals surface area contributed by atoms with Gasteiger partial charge in [-0.25, -0.2) is 9.97 Å². The van der Waals surface area contributed by atoms with Gasteiger partial charge in [-0.2, -0.15) is 0 Å². The molecular formula is C25H30N4S. The Hall–Kier alpha value is -2.24. The molecule has 0 spiro atoms. The number of fused-ring (bicyclic) bond motifs is 2. The predicted molar refractivity (Wildman–Crippen MR) is 128 cm³/mol. The lowest BCUT2D eigenvalue weighted by molar-refractivity contribution is 0.221. The van der Waals surface area contributed by atoms with Gasteiger partial charge in [0, 0.05) is 22.5 Å². The predicted octanol–water partition coefficient (Wildman–Crippen LogP) is 5.64. The number of hydrogen-bond acceptors (Lipinski definition) is 5. The number of rotatable bonds is 5. The quantitative estimate of drug-likeness (QED) is 0.582. The molecular weight excluding hydrogens is 388 g/mol. The summed E-state index contributed by atoms with van der Waals surface area (Å²) in [5, 5.41) is 5.05. The largest absolute Gasteiger partial charge is 0.367 e. The number of nitrogens with one attached hydrogen (secondary N) is 1. The van der Waals surface area contributed by atoms with Crippen LogP contribution in [-0.4, -0.2) is 41.0 Å². The standard InChI is InChI=1S/C25H30N4S/c1-4-21-22(18-13-16-7-5-6-8-17(16)14-18)23-24(26-15-27-25(23)30-21)28-19-9-11-20(12-10-19)29(2)3/h5-8,13,15,19-20H,4,9-12,14H2,1-3H3,(H,26,27,28). The molecule has 156 valence electrons. The van der Waals surface area contributed by atoms with Gasteiger partial charge in [-0.3, -0.25) is 0 Å². The summed E-state index contributed by atoms with van der Waals surface area (Å²) < 4.78 is 0. The second-order valence-corrected chi connectivity index (χ2v) is 9.90. The van der Waals surface area contributed by atoms with E-state index in [1.165, 1.54) is 58.2 Å². The van der Waals surface area contributed by atoms with Gasteiger partial charge in [-0.15, -0.1) is 11.3 Å². The van der Waals surface area contributed by atoms with E-state index < -0.39 is 0 Å². The molecule has 0 saturated heterocycles. The van der Waals surface area contributed by atoms with Crippen molar-refractivity contribution < 1.29 is 0 Å². The number of allylic oxidation sites excluding steroid dienone is 1. The van der Waals surface area contributed by atoms with E-state index in [0.717, 1.165) is 23.5 Å². The minimum absolute atomic E-state index is 0.492. The molecule has 0 atom stereocenters. The van der Waals surface area contributed by atoms with Crippen LogP contribution in [0.3, 0.4) is 0 Å². The number of benzene rings is 1. The monoisotopic (exact) mass is 418 g/mol. The molecule has 2 aliphatic rings. The van der Waals surface area contributed by atoms with Crippen molar-refractivity contribution in [2.45, 2.75) is 57.5 Å². The van der Waals surface area contributed by atoms with E-state index in [1.807, 2.05) is 11.3 Å². The van der Waals surface area contributed by atoms with Crippen LogP contribution in [0.25, 0.3) is 21.9 Å². The van der Waals surface area contributed by atoms with Crippen LogP contribution in [-0.2, 0) is 12.8 Å². The highest BCUT2D eigenvalue weighted by Crippen LogP contribution is 2.43. The average molecular weight is 419 g/mol. The molecule has 1 N–H and O–H groups in total. The Morgan fingerprint density at radius 2 is 1.90 bits per heavy atom. The lowest BCUT2D eigenvalue weighted by atomic mass is 9.90. The zero-order chi connectivity index (χ0) is 20.7. The van der Waals surface area contributed by atoms with Gasteiger partial charge >= 0.3 is 0 Å². The third kappa shape index (κ3) is 3.54. The molecule has 0 radical (unpaired) electrons. The molecule has 1 saturated carbocycles. The fourth-order valence-corrected chi connectivity index (χ4v) is 6.16. The Bertz CT molecular complexity index is 1090. The minimum atomic E-state index is 0.492.